The van der Waals surface area contributed by atoms with Crippen molar-refractivity contribution in [3.05, 3.63) is 34.2 Å². The van der Waals surface area contributed by atoms with E-state index >= 15 is 0 Å². The number of aliphatic hydroxyl groups is 1. The number of halogens is 2. The van der Waals surface area contributed by atoms with Crippen LogP contribution in [0, 0.1) is 5.82 Å². The van der Waals surface area contributed by atoms with Crippen molar-refractivity contribution in [1.82, 2.24) is 0 Å². The number of benzene rings is 1. The van der Waals surface area contributed by atoms with Crippen LogP contribution < -0.4 is 0 Å². The predicted octanol–water partition coefficient (Wildman–Crippen LogP) is 3.39. The topological polar surface area (TPSA) is 33.4 Å². The maximum Gasteiger partial charge on any atom is 0.150 e. The molecule has 0 aliphatic heterocycles. The largest absolute Gasteiger partial charge is 0.463 e. The van der Waals surface area contributed by atoms with Gasteiger partial charge in [-0.2, -0.15) is 0 Å². The molecule has 4 heteroatoms. The number of furan rings is 1. The molecule has 1 unspecified atom stereocenters. The van der Waals surface area contributed by atoms with E-state index in [1.807, 2.05) is 0 Å². The van der Waals surface area contributed by atoms with Crippen LogP contribution in [0.25, 0.3) is 11.0 Å². The van der Waals surface area contributed by atoms with E-state index in [1.165, 1.54) is 19.3 Å². The van der Waals surface area contributed by atoms with Gasteiger partial charge < -0.3 is 9.52 Å². The molecule has 2 aromatic rings. The SMILES string of the molecule is CC(O)c1cc(Br)c2occc2c1F. The van der Waals surface area contributed by atoms with Crippen molar-refractivity contribution >= 4 is 26.9 Å². The molecule has 0 aliphatic carbocycles. The average molecular weight is 259 g/mol. The molecule has 0 fully saturated rings. The Kier molecular flexibility index (Phi) is 2.33. The molecule has 2 rings (SSSR count). The van der Waals surface area contributed by atoms with E-state index < -0.39 is 11.9 Å². The van der Waals surface area contributed by atoms with Gasteiger partial charge in [0.15, 0.2) is 5.58 Å². The summed E-state index contributed by atoms with van der Waals surface area (Å²) in [7, 11) is 0. The normalized spacial score (nSPS) is 13.4. The van der Waals surface area contributed by atoms with E-state index in [4.69, 9.17) is 4.42 Å². The zero-order chi connectivity index (χ0) is 10.3. The van der Waals surface area contributed by atoms with E-state index in [9.17, 15) is 9.50 Å². The van der Waals surface area contributed by atoms with Crippen LogP contribution >= 0.6 is 15.9 Å². The van der Waals surface area contributed by atoms with Crippen LogP contribution in [0.1, 0.15) is 18.6 Å². The van der Waals surface area contributed by atoms with Gasteiger partial charge in [0.2, 0.25) is 0 Å². The molecule has 0 saturated heterocycles. The Morgan fingerprint density at radius 1 is 1.57 bits per heavy atom. The summed E-state index contributed by atoms with van der Waals surface area (Å²) in [5.41, 5.74) is 0.734. The van der Waals surface area contributed by atoms with Gasteiger partial charge in [-0.15, -0.1) is 0 Å². The Balaban J connectivity index is 2.82. The maximum atomic E-state index is 13.7. The zero-order valence-electron chi connectivity index (χ0n) is 7.42. The number of hydrogen-bond donors (Lipinski definition) is 1. The van der Waals surface area contributed by atoms with Crippen molar-refractivity contribution < 1.29 is 13.9 Å². The van der Waals surface area contributed by atoms with Crippen LogP contribution in [0.3, 0.4) is 0 Å². The predicted molar refractivity (Wildman–Crippen MR) is 54.5 cm³/mol. The monoisotopic (exact) mass is 258 g/mol. The quantitative estimate of drug-likeness (QED) is 0.851. The molecular weight excluding hydrogens is 251 g/mol. The highest BCUT2D eigenvalue weighted by atomic mass is 79.9. The van der Waals surface area contributed by atoms with Gasteiger partial charge in [-0.25, -0.2) is 4.39 Å². The minimum atomic E-state index is -0.828. The Bertz CT molecular complexity index is 476. The molecule has 14 heavy (non-hydrogen) atoms. The molecule has 74 valence electrons. The van der Waals surface area contributed by atoms with Crippen LogP contribution in [0.15, 0.2) is 27.3 Å². The van der Waals surface area contributed by atoms with Gasteiger partial charge in [0.05, 0.1) is 22.2 Å². The number of hydrogen-bond acceptors (Lipinski definition) is 2. The van der Waals surface area contributed by atoms with Crippen molar-refractivity contribution in [3.8, 4) is 0 Å². The lowest BCUT2D eigenvalue weighted by atomic mass is 10.1. The smallest absolute Gasteiger partial charge is 0.150 e. The molecule has 0 spiro atoms. The lowest BCUT2D eigenvalue weighted by Crippen LogP contribution is -1.96. The molecule has 0 aliphatic rings. The molecule has 0 saturated carbocycles. The van der Waals surface area contributed by atoms with Crippen molar-refractivity contribution in [2.75, 3.05) is 0 Å². The van der Waals surface area contributed by atoms with Crippen LogP contribution in [0.4, 0.5) is 4.39 Å². The standard InChI is InChI=1S/C10H8BrFO2/c1-5(13)7-4-8(11)10-6(9(7)12)2-3-14-10/h2-5,13H,1H3. The minimum Gasteiger partial charge on any atom is -0.463 e. The highest BCUT2D eigenvalue weighted by molar-refractivity contribution is 9.10. The van der Waals surface area contributed by atoms with Gasteiger partial charge in [-0.05, 0) is 35.0 Å². The van der Waals surface area contributed by atoms with Crippen molar-refractivity contribution in [1.29, 1.82) is 0 Å². The Morgan fingerprint density at radius 2 is 2.29 bits per heavy atom. The van der Waals surface area contributed by atoms with Crippen molar-refractivity contribution in [2.45, 2.75) is 13.0 Å². The molecule has 0 bridgehead atoms. The molecule has 1 N–H and O–H groups in total. The third-order valence-corrected chi connectivity index (χ3v) is 2.69. The minimum absolute atomic E-state index is 0.269. The van der Waals surface area contributed by atoms with Crippen LogP contribution in [-0.4, -0.2) is 5.11 Å². The molecule has 1 aromatic carbocycles. The second kappa shape index (κ2) is 3.37. The molecule has 1 heterocycles. The van der Waals surface area contributed by atoms with E-state index in [0.717, 1.165) is 0 Å². The van der Waals surface area contributed by atoms with Gasteiger partial charge in [-0.1, -0.05) is 0 Å². The summed E-state index contributed by atoms with van der Waals surface area (Å²) in [5, 5.41) is 9.72. The third kappa shape index (κ3) is 1.35. The van der Waals surface area contributed by atoms with Gasteiger partial charge >= 0.3 is 0 Å². The highest BCUT2D eigenvalue weighted by Crippen LogP contribution is 2.32. The fourth-order valence-electron chi connectivity index (χ4n) is 1.39. The molecule has 1 atom stereocenters. The second-order valence-corrected chi connectivity index (χ2v) is 3.96. The maximum absolute atomic E-state index is 13.7. The first-order valence-corrected chi connectivity index (χ1v) is 4.93. The summed E-state index contributed by atoms with van der Waals surface area (Å²) in [6.45, 7) is 1.52. The van der Waals surface area contributed by atoms with E-state index in [2.05, 4.69) is 15.9 Å². The molecule has 2 nitrogen and oxygen atoms in total. The molecule has 0 amide bonds. The summed E-state index contributed by atoms with van der Waals surface area (Å²) in [6, 6.07) is 3.08. The van der Waals surface area contributed by atoms with E-state index in [-0.39, 0.29) is 5.56 Å². The number of aliphatic hydroxyl groups excluding tert-OH is 1. The Labute approximate surface area is 88.5 Å². The van der Waals surface area contributed by atoms with Gasteiger partial charge in [-0.3, -0.25) is 0 Å². The summed E-state index contributed by atoms with van der Waals surface area (Å²) in [4.78, 5) is 0. The van der Waals surface area contributed by atoms with Crippen molar-refractivity contribution in [3.63, 3.8) is 0 Å². The first kappa shape index (κ1) is 9.68. The Hall–Kier alpha value is -0.870. The third-order valence-electron chi connectivity index (χ3n) is 2.10. The van der Waals surface area contributed by atoms with Crippen molar-refractivity contribution in [2.24, 2.45) is 0 Å². The first-order valence-electron chi connectivity index (χ1n) is 4.14. The summed E-state index contributed by atoms with van der Waals surface area (Å²) in [6.07, 6.45) is 0.593. The fourth-order valence-corrected chi connectivity index (χ4v) is 1.95. The highest BCUT2D eigenvalue weighted by Gasteiger charge is 2.15. The average Bonchev–Trinajstić information content (AvgIpc) is 2.59. The lowest BCUT2D eigenvalue weighted by molar-refractivity contribution is 0.194. The summed E-state index contributed by atoms with van der Waals surface area (Å²) < 4.78 is 19.4. The van der Waals surface area contributed by atoms with Gasteiger partial charge in [0, 0.05) is 5.56 Å². The van der Waals surface area contributed by atoms with E-state index in [0.29, 0.717) is 15.4 Å². The number of rotatable bonds is 1. The molecule has 1 aromatic heterocycles. The van der Waals surface area contributed by atoms with E-state index in [1.54, 1.807) is 6.07 Å². The van der Waals surface area contributed by atoms with Gasteiger partial charge in [0.1, 0.15) is 5.82 Å². The summed E-state index contributed by atoms with van der Waals surface area (Å²) in [5.74, 6) is -0.424. The van der Waals surface area contributed by atoms with Crippen LogP contribution in [-0.2, 0) is 0 Å². The van der Waals surface area contributed by atoms with Crippen LogP contribution in [0.2, 0.25) is 0 Å². The second-order valence-electron chi connectivity index (χ2n) is 3.10. The summed E-state index contributed by atoms with van der Waals surface area (Å²) >= 11 is 3.26. The van der Waals surface area contributed by atoms with Gasteiger partial charge in [0.25, 0.3) is 0 Å². The zero-order valence-corrected chi connectivity index (χ0v) is 9.01. The van der Waals surface area contributed by atoms with Crippen LogP contribution in [0.5, 0.6) is 0 Å². The lowest BCUT2D eigenvalue weighted by Gasteiger charge is -2.07. The Morgan fingerprint density at radius 3 is 2.93 bits per heavy atom. The molecular formula is C10H8BrFO2. The molecule has 0 radical (unpaired) electrons. The number of fused-ring (bicyclic) bond motifs is 1. The fraction of sp³-hybridized carbons (Fsp3) is 0.200. The first-order chi connectivity index (χ1) is 6.61.